The zero-order valence-corrected chi connectivity index (χ0v) is 17.2. The van der Waals surface area contributed by atoms with Crippen molar-refractivity contribution in [3.63, 3.8) is 0 Å². The molecule has 5 nitrogen and oxygen atoms in total. The van der Waals surface area contributed by atoms with Crippen LogP contribution in [0.25, 0.3) is 0 Å². The lowest BCUT2D eigenvalue weighted by Crippen LogP contribution is -2.37. The largest absolute Gasteiger partial charge is 0.355 e. The summed E-state index contributed by atoms with van der Waals surface area (Å²) in [6, 6.07) is 3.94. The molecule has 0 spiro atoms. The van der Waals surface area contributed by atoms with E-state index in [1.165, 1.54) is 9.88 Å². The molecule has 0 aromatic carbocycles. The van der Waals surface area contributed by atoms with Gasteiger partial charge >= 0.3 is 0 Å². The van der Waals surface area contributed by atoms with Crippen molar-refractivity contribution in [2.45, 2.75) is 44.9 Å². The van der Waals surface area contributed by atoms with Gasteiger partial charge < -0.3 is 10.2 Å². The third-order valence-electron chi connectivity index (χ3n) is 5.28. The second-order valence-corrected chi connectivity index (χ2v) is 9.65. The van der Waals surface area contributed by atoms with E-state index in [-0.39, 0.29) is 17.7 Å². The van der Waals surface area contributed by atoms with Crippen molar-refractivity contribution >= 4 is 34.5 Å². The summed E-state index contributed by atoms with van der Waals surface area (Å²) in [5.41, 5.74) is 1.07. The fraction of sp³-hybridized carbons (Fsp3) is 0.550. The van der Waals surface area contributed by atoms with Crippen LogP contribution in [0.1, 0.15) is 56.9 Å². The van der Waals surface area contributed by atoms with Gasteiger partial charge in [-0.05, 0) is 44.7 Å². The molecule has 4 rings (SSSR count). The van der Waals surface area contributed by atoms with E-state index in [4.69, 9.17) is 4.98 Å². The summed E-state index contributed by atoms with van der Waals surface area (Å²) < 4.78 is 0. The Bertz CT molecular complexity index is 817. The normalized spacial score (nSPS) is 17.9. The standard InChI is InChI=1S/C20H25N3O2S2/c1-13-2-5-17(27-13)20(25)23-10-7-15(8-11-23)19-22-16(12-26-19)6-9-21-18(24)14-3-4-14/h2,5,12,14-15H,3-4,6-11H2,1H3,(H,21,24). The van der Waals surface area contributed by atoms with E-state index in [1.54, 1.807) is 22.7 Å². The Labute approximate surface area is 167 Å². The van der Waals surface area contributed by atoms with Gasteiger partial charge in [-0.1, -0.05) is 0 Å². The Morgan fingerprint density at radius 3 is 2.67 bits per heavy atom. The van der Waals surface area contributed by atoms with Crippen molar-refractivity contribution in [2.24, 2.45) is 5.92 Å². The smallest absolute Gasteiger partial charge is 0.263 e. The molecule has 7 heteroatoms. The van der Waals surface area contributed by atoms with Crippen LogP contribution in [0.3, 0.4) is 0 Å². The van der Waals surface area contributed by atoms with Crippen molar-refractivity contribution in [1.82, 2.24) is 15.2 Å². The van der Waals surface area contributed by atoms with Gasteiger partial charge in [-0.15, -0.1) is 22.7 Å². The average Bonchev–Trinajstić information content (AvgIpc) is 3.28. The minimum absolute atomic E-state index is 0.165. The Balaban J connectivity index is 1.25. The maximum atomic E-state index is 12.6. The summed E-state index contributed by atoms with van der Waals surface area (Å²) in [5, 5.41) is 6.29. The predicted molar refractivity (Wildman–Crippen MR) is 108 cm³/mol. The lowest BCUT2D eigenvalue weighted by atomic mass is 9.97. The van der Waals surface area contributed by atoms with Crippen LogP contribution in [0.5, 0.6) is 0 Å². The highest BCUT2D eigenvalue weighted by atomic mass is 32.1. The molecule has 2 amide bonds. The molecule has 27 heavy (non-hydrogen) atoms. The highest BCUT2D eigenvalue weighted by Crippen LogP contribution is 2.31. The number of thiazole rings is 1. The second-order valence-electron chi connectivity index (χ2n) is 7.47. The molecule has 0 unspecified atom stereocenters. The predicted octanol–water partition coefficient (Wildman–Crippen LogP) is 3.60. The first-order valence-corrected chi connectivity index (χ1v) is 11.4. The zero-order valence-electron chi connectivity index (χ0n) is 15.6. The monoisotopic (exact) mass is 403 g/mol. The number of hydrogen-bond acceptors (Lipinski definition) is 5. The number of amides is 2. The van der Waals surface area contributed by atoms with E-state index < -0.39 is 0 Å². The van der Waals surface area contributed by atoms with E-state index in [0.29, 0.717) is 12.5 Å². The molecule has 1 aliphatic heterocycles. The molecule has 1 aliphatic carbocycles. The number of aryl methyl sites for hydroxylation is 1. The van der Waals surface area contributed by atoms with Crippen molar-refractivity contribution in [3.05, 3.63) is 38.0 Å². The van der Waals surface area contributed by atoms with Gasteiger partial charge in [0.05, 0.1) is 15.6 Å². The number of hydrogen-bond donors (Lipinski definition) is 1. The topological polar surface area (TPSA) is 62.3 Å². The van der Waals surface area contributed by atoms with Crippen LogP contribution in [0.2, 0.25) is 0 Å². The molecular weight excluding hydrogens is 378 g/mol. The molecule has 3 heterocycles. The third-order valence-corrected chi connectivity index (χ3v) is 7.33. The lowest BCUT2D eigenvalue weighted by Gasteiger charge is -2.30. The quantitative estimate of drug-likeness (QED) is 0.802. The van der Waals surface area contributed by atoms with Gasteiger partial charge in [0, 0.05) is 48.1 Å². The lowest BCUT2D eigenvalue weighted by molar-refractivity contribution is -0.122. The summed E-state index contributed by atoms with van der Waals surface area (Å²) in [4.78, 5) is 33.0. The van der Waals surface area contributed by atoms with Crippen molar-refractivity contribution in [3.8, 4) is 0 Å². The summed E-state index contributed by atoms with van der Waals surface area (Å²) >= 11 is 3.29. The number of nitrogens with zero attached hydrogens (tertiary/aromatic N) is 2. The van der Waals surface area contributed by atoms with Crippen molar-refractivity contribution in [2.75, 3.05) is 19.6 Å². The first kappa shape index (κ1) is 18.6. The average molecular weight is 404 g/mol. The van der Waals surface area contributed by atoms with Gasteiger partial charge in [0.25, 0.3) is 5.91 Å². The van der Waals surface area contributed by atoms with E-state index in [9.17, 15) is 9.59 Å². The molecule has 1 saturated heterocycles. The van der Waals surface area contributed by atoms with Gasteiger partial charge in [-0.3, -0.25) is 9.59 Å². The third kappa shape index (κ3) is 4.58. The Morgan fingerprint density at radius 1 is 1.22 bits per heavy atom. The zero-order chi connectivity index (χ0) is 18.8. The van der Waals surface area contributed by atoms with E-state index >= 15 is 0 Å². The summed E-state index contributed by atoms with van der Waals surface area (Å²) in [6.45, 7) is 4.30. The summed E-state index contributed by atoms with van der Waals surface area (Å²) in [5.74, 6) is 1.07. The van der Waals surface area contributed by atoms with Crippen LogP contribution in [0.4, 0.5) is 0 Å². The molecule has 2 aromatic rings. The Hall–Kier alpha value is -1.73. The first-order valence-electron chi connectivity index (χ1n) is 9.68. The number of thiophene rings is 1. The van der Waals surface area contributed by atoms with Crippen molar-refractivity contribution in [1.29, 1.82) is 0 Å². The molecule has 2 fully saturated rings. The van der Waals surface area contributed by atoms with Gasteiger partial charge in [-0.2, -0.15) is 0 Å². The van der Waals surface area contributed by atoms with Crippen LogP contribution < -0.4 is 5.32 Å². The maximum absolute atomic E-state index is 12.6. The van der Waals surface area contributed by atoms with Gasteiger partial charge in [-0.25, -0.2) is 4.98 Å². The molecule has 0 atom stereocenters. The number of piperidine rings is 1. The molecule has 2 aliphatic rings. The number of likely N-dealkylation sites (tertiary alicyclic amines) is 1. The number of aromatic nitrogens is 1. The van der Waals surface area contributed by atoms with Crippen LogP contribution in [0, 0.1) is 12.8 Å². The Kier molecular flexibility index (Phi) is 5.59. The number of rotatable bonds is 6. The van der Waals surface area contributed by atoms with Crippen LogP contribution in [0.15, 0.2) is 17.5 Å². The number of carbonyl (C=O) groups is 2. The maximum Gasteiger partial charge on any atom is 0.263 e. The molecule has 1 N–H and O–H groups in total. The Morgan fingerprint density at radius 2 is 2.00 bits per heavy atom. The minimum Gasteiger partial charge on any atom is -0.355 e. The van der Waals surface area contributed by atoms with Gasteiger partial charge in [0.15, 0.2) is 0 Å². The molecular formula is C20H25N3O2S2. The molecule has 144 valence electrons. The molecule has 1 saturated carbocycles. The fourth-order valence-corrected chi connectivity index (χ4v) is 5.32. The highest BCUT2D eigenvalue weighted by molar-refractivity contribution is 7.13. The first-order chi connectivity index (χ1) is 13.1. The molecule has 2 aromatic heterocycles. The molecule has 0 bridgehead atoms. The number of nitrogens with one attached hydrogen (secondary N) is 1. The second kappa shape index (κ2) is 8.10. The highest BCUT2D eigenvalue weighted by Gasteiger charge is 2.29. The van der Waals surface area contributed by atoms with Crippen molar-refractivity contribution < 1.29 is 9.59 Å². The van der Waals surface area contributed by atoms with Crippen LogP contribution in [-0.4, -0.2) is 41.3 Å². The fourth-order valence-electron chi connectivity index (χ4n) is 3.46. The van der Waals surface area contributed by atoms with Crippen LogP contribution in [-0.2, 0) is 11.2 Å². The summed E-state index contributed by atoms with van der Waals surface area (Å²) in [6.07, 6.45) is 4.83. The van der Waals surface area contributed by atoms with E-state index in [2.05, 4.69) is 10.7 Å². The van der Waals surface area contributed by atoms with E-state index in [0.717, 1.165) is 55.8 Å². The number of carbonyl (C=O) groups excluding carboxylic acids is 2. The van der Waals surface area contributed by atoms with Gasteiger partial charge in [0.1, 0.15) is 0 Å². The summed E-state index contributed by atoms with van der Waals surface area (Å²) in [7, 11) is 0. The van der Waals surface area contributed by atoms with Crippen LogP contribution >= 0.6 is 22.7 Å². The molecule has 0 radical (unpaired) electrons. The minimum atomic E-state index is 0.165. The SMILES string of the molecule is Cc1ccc(C(=O)N2CCC(c3nc(CCNC(=O)C4CC4)cs3)CC2)s1. The van der Waals surface area contributed by atoms with E-state index in [1.807, 2.05) is 24.0 Å². The van der Waals surface area contributed by atoms with Gasteiger partial charge in [0.2, 0.25) is 5.91 Å².